The van der Waals surface area contributed by atoms with Crippen LogP contribution < -0.4 is 4.90 Å². The molecule has 3 rings (SSSR count). The number of benzene rings is 1. The zero-order valence-corrected chi connectivity index (χ0v) is 14.9. The van der Waals surface area contributed by atoms with Crippen LogP contribution in [0.5, 0.6) is 0 Å². The Morgan fingerprint density at radius 1 is 1.25 bits per heavy atom. The fourth-order valence-electron chi connectivity index (χ4n) is 3.49. The second-order valence-electron chi connectivity index (χ2n) is 6.55. The van der Waals surface area contributed by atoms with Crippen LogP contribution in [-0.4, -0.2) is 47.4 Å². The van der Waals surface area contributed by atoms with E-state index in [0.29, 0.717) is 13.1 Å². The van der Waals surface area contributed by atoms with E-state index in [9.17, 15) is 19.5 Å². The van der Waals surface area contributed by atoms with Crippen molar-refractivity contribution in [1.29, 1.82) is 0 Å². The second kappa shape index (κ2) is 6.55. The molecule has 128 valence electrons. The number of anilines is 1. The molecule has 1 unspecified atom stereocenters. The molecular formula is C17H19BrN2O4. The van der Waals surface area contributed by atoms with Crippen molar-refractivity contribution in [2.45, 2.75) is 13.3 Å². The van der Waals surface area contributed by atoms with Crippen molar-refractivity contribution in [1.82, 2.24) is 4.90 Å². The fraction of sp³-hybridized carbons (Fsp3) is 0.471. The van der Waals surface area contributed by atoms with Crippen molar-refractivity contribution in [3.05, 3.63) is 28.7 Å². The molecule has 0 spiro atoms. The summed E-state index contributed by atoms with van der Waals surface area (Å²) in [5, 5.41) is 9.20. The predicted octanol–water partition coefficient (Wildman–Crippen LogP) is 1.98. The van der Waals surface area contributed by atoms with E-state index >= 15 is 0 Å². The van der Waals surface area contributed by atoms with Gasteiger partial charge in [-0.3, -0.25) is 14.4 Å². The average Bonchev–Trinajstić information content (AvgIpc) is 3.10. The number of hydrogen-bond donors (Lipinski definition) is 1. The van der Waals surface area contributed by atoms with Crippen LogP contribution in [0.15, 0.2) is 28.7 Å². The SMILES string of the molecule is C[C@@H]1CN(C(=O)C2CC(=O)N(c3cccc(Br)c3)C2)C[C@H]1C(=O)O. The Kier molecular flexibility index (Phi) is 4.62. The van der Waals surface area contributed by atoms with E-state index in [1.807, 2.05) is 31.2 Å². The minimum atomic E-state index is -0.865. The first kappa shape index (κ1) is 17.0. The zero-order chi connectivity index (χ0) is 17.4. The van der Waals surface area contributed by atoms with Crippen LogP contribution in [0, 0.1) is 17.8 Å². The van der Waals surface area contributed by atoms with Gasteiger partial charge in [0, 0.05) is 36.2 Å². The van der Waals surface area contributed by atoms with Gasteiger partial charge in [-0.25, -0.2) is 0 Å². The molecule has 2 saturated heterocycles. The first-order chi connectivity index (χ1) is 11.4. The van der Waals surface area contributed by atoms with E-state index in [1.54, 1.807) is 9.80 Å². The lowest BCUT2D eigenvalue weighted by Crippen LogP contribution is -2.36. The maximum absolute atomic E-state index is 12.7. The molecule has 0 aliphatic carbocycles. The van der Waals surface area contributed by atoms with Gasteiger partial charge in [-0.15, -0.1) is 0 Å². The topological polar surface area (TPSA) is 77.9 Å². The third-order valence-electron chi connectivity index (χ3n) is 4.84. The van der Waals surface area contributed by atoms with E-state index in [-0.39, 0.29) is 30.7 Å². The summed E-state index contributed by atoms with van der Waals surface area (Å²) in [6.45, 7) is 2.87. The van der Waals surface area contributed by atoms with E-state index in [2.05, 4.69) is 15.9 Å². The van der Waals surface area contributed by atoms with Gasteiger partial charge in [-0.05, 0) is 24.1 Å². The van der Waals surface area contributed by atoms with Gasteiger partial charge in [0.05, 0.1) is 11.8 Å². The molecule has 2 aliphatic rings. The van der Waals surface area contributed by atoms with Crippen molar-refractivity contribution in [2.75, 3.05) is 24.5 Å². The maximum Gasteiger partial charge on any atom is 0.308 e. The summed E-state index contributed by atoms with van der Waals surface area (Å²) in [7, 11) is 0. The van der Waals surface area contributed by atoms with E-state index in [0.717, 1.165) is 10.2 Å². The number of carbonyl (C=O) groups is 3. The normalized spacial score (nSPS) is 26.9. The Bertz CT molecular complexity index is 693. The summed E-state index contributed by atoms with van der Waals surface area (Å²) in [6.07, 6.45) is 0.175. The summed E-state index contributed by atoms with van der Waals surface area (Å²) in [5.74, 6) is -2.05. The minimum absolute atomic E-state index is 0.0651. The molecular weight excluding hydrogens is 376 g/mol. The molecule has 3 atom stereocenters. The van der Waals surface area contributed by atoms with Gasteiger partial charge >= 0.3 is 5.97 Å². The minimum Gasteiger partial charge on any atom is -0.481 e. The highest BCUT2D eigenvalue weighted by molar-refractivity contribution is 9.10. The lowest BCUT2D eigenvalue weighted by Gasteiger charge is -2.21. The van der Waals surface area contributed by atoms with Gasteiger partial charge in [0.25, 0.3) is 0 Å². The number of carboxylic acids is 1. The molecule has 2 heterocycles. The molecule has 0 aromatic heterocycles. The highest BCUT2D eigenvalue weighted by Crippen LogP contribution is 2.30. The average molecular weight is 395 g/mol. The Balaban J connectivity index is 1.70. The van der Waals surface area contributed by atoms with Gasteiger partial charge < -0.3 is 14.9 Å². The number of amides is 2. The van der Waals surface area contributed by atoms with E-state index in [1.165, 1.54) is 0 Å². The van der Waals surface area contributed by atoms with Gasteiger partial charge in [0.15, 0.2) is 0 Å². The molecule has 24 heavy (non-hydrogen) atoms. The predicted molar refractivity (Wildman–Crippen MR) is 91.5 cm³/mol. The van der Waals surface area contributed by atoms with Crippen molar-refractivity contribution >= 4 is 39.4 Å². The molecule has 2 amide bonds. The quantitative estimate of drug-likeness (QED) is 0.849. The number of likely N-dealkylation sites (tertiary alicyclic amines) is 1. The number of carboxylic acid groups (broad SMARTS) is 1. The van der Waals surface area contributed by atoms with Crippen molar-refractivity contribution in [3.63, 3.8) is 0 Å². The van der Waals surface area contributed by atoms with Gasteiger partial charge in [-0.2, -0.15) is 0 Å². The highest BCUT2D eigenvalue weighted by Gasteiger charge is 2.42. The maximum atomic E-state index is 12.7. The Morgan fingerprint density at radius 3 is 2.62 bits per heavy atom. The lowest BCUT2D eigenvalue weighted by atomic mass is 9.99. The molecule has 2 aliphatic heterocycles. The van der Waals surface area contributed by atoms with Crippen LogP contribution >= 0.6 is 15.9 Å². The van der Waals surface area contributed by atoms with Crippen LogP contribution in [-0.2, 0) is 14.4 Å². The molecule has 0 radical (unpaired) electrons. The van der Waals surface area contributed by atoms with Gasteiger partial charge in [0.1, 0.15) is 0 Å². The molecule has 2 fully saturated rings. The second-order valence-corrected chi connectivity index (χ2v) is 7.47. The molecule has 6 nitrogen and oxygen atoms in total. The molecule has 0 bridgehead atoms. The standard InChI is InChI=1S/C17H19BrN2O4/c1-10-7-19(9-14(10)17(23)24)16(22)11-5-15(21)20(8-11)13-4-2-3-12(18)6-13/h2-4,6,10-11,14H,5,7-9H2,1H3,(H,23,24)/t10-,11?,14-/m1/s1. The third-order valence-corrected chi connectivity index (χ3v) is 5.33. The molecule has 0 saturated carbocycles. The van der Waals surface area contributed by atoms with Crippen LogP contribution in [0.3, 0.4) is 0 Å². The van der Waals surface area contributed by atoms with E-state index in [4.69, 9.17) is 0 Å². The molecule has 7 heteroatoms. The monoisotopic (exact) mass is 394 g/mol. The number of rotatable bonds is 3. The van der Waals surface area contributed by atoms with E-state index < -0.39 is 17.8 Å². The fourth-order valence-corrected chi connectivity index (χ4v) is 3.88. The number of nitrogens with zero attached hydrogens (tertiary/aromatic N) is 2. The molecule has 1 aromatic rings. The van der Waals surface area contributed by atoms with Gasteiger partial charge in [-0.1, -0.05) is 28.9 Å². The molecule has 1 N–H and O–H groups in total. The first-order valence-corrected chi connectivity index (χ1v) is 8.73. The zero-order valence-electron chi connectivity index (χ0n) is 13.3. The van der Waals surface area contributed by atoms with Crippen LogP contribution in [0.1, 0.15) is 13.3 Å². The number of hydrogen-bond acceptors (Lipinski definition) is 3. The first-order valence-electron chi connectivity index (χ1n) is 7.94. The largest absolute Gasteiger partial charge is 0.481 e. The summed E-state index contributed by atoms with van der Waals surface area (Å²) in [6, 6.07) is 7.42. The van der Waals surface area contributed by atoms with Crippen LogP contribution in [0.4, 0.5) is 5.69 Å². The Labute approximate surface area is 148 Å². The summed E-state index contributed by atoms with van der Waals surface area (Å²) in [5.41, 5.74) is 0.767. The number of aliphatic carboxylic acids is 1. The van der Waals surface area contributed by atoms with Crippen molar-refractivity contribution in [2.24, 2.45) is 17.8 Å². The summed E-state index contributed by atoms with van der Waals surface area (Å²) >= 11 is 3.39. The van der Waals surface area contributed by atoms with Crippen LogP contribution in [0.25, 0.3) is 0 Å². The molecule has 1 aromatic carbocycles. The highest BCUT2D eigenvalue weighted by atomic mass is 79.9. The number of carbonyl (C=O) groups excluding carboxylic acids is 2. The van der Waals surface area contributed by atoms with Crippen molar-refractivity contribution in [3.8, 4) is 0 Å². The number of halogens is 1. The Hall–Kier alpha value is -1.89. The van der Waals surface area contributed by atoms with Gasteiger partial charge in [0.2, 0.25) is 11.8 Å². The lowest BCUT2D eigenvalue weighted by molar-refractivity contribution is -0.142. The van der Waals surface area contributed by atoms with Crippen molar-refractivity contribution < 1.29 is 19.5 Å². The Morgan fingerprint density at radius 2 is 2.00 bits per heavy atom. The summed E-state index contributed by atoms with van der Waals surface area (Å²) < 4.78 is 0.875. The summed E-state index contributed by atoms with van der Waals surface area (Å²) in [4.78, 5) is 39.4. The third kappa shape index (κ3) is 3.17. The smallest absolute Gasteiger partial charge is 0.308 e. The van der Waals surface area contributed by atoms with Crippen LogP contribution in [0.2, 0.25) is 0 Å².